The van der Waals surface area contributed by atoms with Gasteiger partial charge in [0.05, 0.1) is 22.3 Å². The van der Waals surface area contributed by atoms with Gasteiger partial charge in [-0.15, -0.1) is 0 Å². The second kappa shape index (κ2) is 6.91. The largest absolute Gasteiger partial charge is 0.481 e. The van der Waals surface area contributed by atoms with Crippen molar-refractivity contribution in [3.05, 3.63) is 16.4 Å². The van der Waals surface area contributed by atoms with Crippen LogP contribution in [0.25, 0.3) is 0 Å². The maximum Gasteiger partial charge on any atom is 0.307 e. The van der Waals surface area contributed by atoms with E-state index in [9.17, 15) is 4.79 Å². The fourth-order valence-electron chi connectivity index (χ4n) is 1.97. The molecule has 0 saturated heterocycles. The molecule has 0 bridgehead atoms. The average molecular weight is 288 g/mol. The van der Waals surface area contributed by atoms with E-state index >= 15 is 0 Å². The zero-order chi connectivity index (χ0) is 14.6. The van der Waals surface area contributed by atoms with Gasteiger partial charge in [-0.1, -0.05) is 25.4 Å². The summed E-state index contributed by atoms with van der Waals surface area (Å²) < 4.78 is 1.72. The number of aryl methyl sites for hydroxylation is 1. The number of aliphatic carboxylic acids is 1. The number of aromatic nitrogens is 2. The molecule has 0 aliphatic rings. The van der Waals surface area contributed by atoms with Gasteiger partial charge in [0, 0.05) is 20.1 Å². The Hall–Kier alpha value is -1.07. The third kappa shape index (κ3) is 4.51. The van der Waals surface area contributed by atoms with Gasteiger partial charge in [0.15, 0.2) is 0 Å². The van der Waals surface area contributed by atoms with E-state index in [0.717, 1.165) is 11.4 Å². The van der Waals surface area contributed by atoms with Crippen LogP contribution in [0.5, 0.6) is 0 Å². The van der Waals surface area contributed by atoms with Crippen molar-refractivity contribution in [2.75, 3.05) is 6.54 Å². The van der Waals surface area contributed by atoms with E-state index < -0.39 is 5.97 Å². The first-order chi connectivity index (χ1) is 8.82. The van der Waals surface area contributed by atoms with Crippen molar-refractivity contribution in [1.29, 1.82) is 0 Å². The number of hydrogen-bond acceptors (Lipinski definition) is 3. The van der Waals surface area contributed by atoms with E-state index in [1.807, 2.05) is 27.8 Å². The minimum atomic E-state index is -0.760. The Labute approximate surface area is 118 Å². The van der Waals surface area contributed by atoms with E-state index in [-0.39, 0.29) is 5.92 Å². The fourth-order valence-corrected chi connectivity index (χ4v) is 2.20. The van der Waals surface area contributed by atoms with Crippen LogP contribution < -0.4 is 5.32 Å². The Balaban J connectivity index is 2.52. The molecule has 1 rings (SSSR count). The quantitative estimate of drug-likeness (QED) is 0.807. The SMILES string of the molecule is Cc1c(Cl)c(CNCC(CC(C)C)C(=O)O)nn1C. The van der Waals surface area contributed by atoms with E-state index in [2.05, 4.69) is 10.4 Å². The number of hydrogen-bond donors (Lipinski definition) is 2. The van der Waals surface area contributed by atoms with Crippen LogP contribution in [0, 0.1) is 18.8 Å². The Morgan fingerprint density at radius 2 is 2.16 bits per heavy atom. The lowest BCUT2D eigenvalue weighted by molar-refractivity contribution is -0.142. The standard InChI is InChI=1S/C13H22ClN3O2/c1-8(2)5-10(13(18)19)6-15-7-11-12(14)9(3)17(4)16-11/h8,10,15H,5-7H2,1-4H3,(H,18,19). The summed E-state index contributed by atoms with van der Waals surface area (Å²) >= 11 is 6.14. The fraction of sp³-hybridized carbons (Fsp3) is 0.692. The molecule has 0 radical (unpaired) electrons. The van der Waals surface area contributed by atoms with Gasteiger partial charge in [0.25, 0.3) is 0 Å². The number of carboxylic acid groups (broad SMARTS) is 1. The summed E-state index contributed by atoms with van der Waals surface area (Å²) in [6.45, 7) is 6.86. The first-order valence-electron chi connectivity index (χ1n) is 6.44. The van der Waals surface area contributed by atoms with Crippen molar-refractivity contribution in [2.45, 2.75) is 33.7 Å². The molecule has 0 spiro atoms. The number of nitrogens with one attached hydrogen (secondary N) is 1. The third-order valence-corrected chi connectivity index (χ3v) is 3.61. The van der Waals surface area contributed by atoms with Crippen LogP contribution in [0.4, 0.5) is 0 Å². The van der Waals surface area contributed by atoms with Crippen LogP contribution in [0.15, 0.2) is 0 Å². The molecule has 19 heavy (non-hydrogen) atoms. The number of carbonyl (C=O) groups is 1. The van der Waals surface area contributed by atoms with Crippen molar-refractivity contribution in [3.8, 4) is 0 Å². The molecule has 0 amide bonds. The molecule has 5 nitrogen and oxygen atoms in total. The highest BCUT2D eigenvalue weighted by atomic mass is 35.5. The smallest absolute Gasteiger partial charge is 0.307 e. The zero-order valence-electron chi connectivity index (χ0n) is 11.9. The lowest BCUT2D eigenvalue weighted by Crippen LogP contribution is -2.29. The van der Waals surface area contributed by atoms with Crippen LogP contribution in [0.1, 0.15) is 31.7 Å². The predicted octanol–water partition coefficient (Wildman–Crippen LogP) is 2.22. The van der Waals surface area contributed by atoms with Crippen LogP contribution in [-0.4, -0.2) is 27.4 Å². The summed E-state index contributed by atoms with van der Waals surface area (Å²) in [5.41, 5.74) is 1.67. The van der Waals surface area contributed by atoms with Gasteiger partial charge >= 0.3 is 5.97 Å². The molecule has 1 aromatic heterocycles. The molecule has 1 heterocycles. The van der Waals surface area contributed by atoms with Crippen molar-refractivity contribution in [2.24, 2.45) is 18.9 Å². The predicted molar refractivity (Wildman–Crippen MR) is 75.2 cm³/mol. The molecule has 0 saturated carbocycles. The van der Waals surface area contributed by atoms with E-state index in [1.54, 1.807) is 4.68 Å². The maximum atomic E-state index is 11.1. The summed E-state index contributed by atoms with van der Waals surface area (Å²) in [6, 6.07) is 0. The Bertz CT molecular complexity index is 443. The number of nitrogens with zero attached hydrogens (tertiary/aromatic N) is 2. The number of rotatable bonds is 7. The van der Waals surface area contributed by atoms with Crippen molar-refractivity contribution in [1.82, 2.24) is 15.1 Å². The zero-order valence-corrected chi connectivity index (χ0v) is 12.7. The van der Waals surface area contributed by atoms with Gasteiger partial charge in [-0.2, -0.15) is 5.10 Å². The highest BCUT2D eigenvalue weighted by molar-refractivity contribution is 6.31. The average Bonchev–Trinajstić information content (AvgIpc) is 2.55. The van der Waals surface area contributed by atoms with E-state index in [0.29, 0.717) is 30.5 Å². The molecular formula is C13H22ClN3O2. The molecule has 0 aliphatic carbocycles. The van der Waals surface area contributed by atoms with Gasteiger partial charge in [-0.05, 0) is 19.3 Å². The van der Waals surface area contributed by atoms with Crippen LogP contribution in [-0.2, 0) is 18.4 Å². The Morgan fingerprint density at radius 1 is 1.53 bits per heavy atom. The molecule has 0 fully saturated rings. The normalized spacial score (nSPS) is 12.9. The number of carboxylic acids is 1. The minimum Gasteiger partial charge on any atom is -0.481 e. The highest BCUT2D eigenvalue weighted by Gasteiger charge is 2.19. The molecule has 1 atom stereocenters. The van der Waals surface area contributed by atoms with Gasteiger partial charge in [0.1, 0.15) is 0 Å². The van der Waals surface area contributed by atoms with Gasteiger partial charge in [-0.3, -0.25) is 9.48 Å². The van der Waals surface area contributed by atoms with Crippen molar-refractivity contribution in [3.63, 3.8) is 0 Å². The summed E-state index contributed by atoms with van der Waals surface area (Å²) in [5.74, 6) is -0.767. The van der Waals surface area contributed by atoms with Crippen LogP contribution in [0.3, 0.4) is 0 Å². The van der Waals surface area contributed by atoms with Crippen LogP contribution >= 0.6 is 11.6 Å². The van der Waals surface area contributed by atoms with E-state index in [1.165, 1.54) is 0 Å². The summed E-state index contributed by atoms with van der Waals surface area (Å²) in [5, 5.41) is 17.2. The van der Waals surface area contributed by atoms with Crippen LogP contribution in [0.2, 0.25) is 5.02 Å². The topological polar surface area (TPSA) is 67.2 Å². The number of halogens is 1. The molecule has 1 unspecified atom stereocenters. The summed E-state index contributed by atoms with van der Waals surface area (Å²) in [4.78, 5) is 11.1. The molecule has 0 aromatic carbocycles. The molecule has 0 aliphatic heterocycles. The molecule has 108 valence electrons. The van der Waals surface area contributed by atoms with Crippen molar-refractivity contribution >= 4 is 17.6 Å². The molecule has 6 heteroatoms. The molecule has 1 aromatic rings. The molecule has 2 N–H and O–H groups in total. The van der Waals surface area contributed by atoms with Gasteiger partial charge in [0.2, 0.25) is 0 Å². The molecular weight excluding hydrogens is 266 g/mol. The summed E-state index contributed by atoms with van der Waals surface area (Å²) in [6.07, 6.45) is 0.664. The minimum absolute atomic E-state index is 0.364. The lowest BCUT2D eigenvalue weighted by atomic mass is 9.97. The van der Waals surface area contributed by atoms with E-state index in [4.69, 9.17) is 16.7 Å². The lowest BCUT2D eigenvalue weighted by Gasteiger charge is -2.15. The second-order valence-corrected chi connectivity index (χ2v) is 5.64. The Morgan fingerprint density at radius 3 is 2.58 bits per heavy atom. The first kappa shape index (κ1) is 16.0. The second-order valence-electron chi connectivity index (χ2n) is 5.27. The monoisotopic (exact) mass is 287 g/mol. The highest BCUT2D eigenvalue weighted by Crippen LogP contribution is 2.19. The third-order valence-electron chi connectivity index (χ3n) is 3.12. The van der Waals surface area contributed by atoms with Gasteiger partial charge < -0.3 is 10.4 Å². The Kier molecular flexibility index (Phi) is 5.82. The first-order valence-corrected chi connectivity index (χ1v) is 6.82. The maximum absolute atomic E-state index is 11.1. The van der Waals surface area contributed by atoms with Crippen molar-refractivity contribution < 1.29 is 9.90 Å². The van der Waals surface area contributed by atoms with Gasteiger partial charge in [-0.25, -0.2) is 0 Å². The summed E-state index contributed by atoms with van der Waals surface area (Å²) in [7, 11) is 1.84.